The predicted octanol–water partition coefficient (Wildman–Crippen LogP) is 13.4. The van der Waals surface area contributed by atoms with Crippen molar-refractivity contribution >= 4 is 71.2 Å². The number of fused-ring (bicyclic) bond motifs is 8. The number of benzene rings is 9. The molecule has 1 heterocycles. The van der Waals surface area contributed by atoms with E-state index in [2.05, 4.69) is 204 Å². The van der Waals surface area contributed by atoms with E-state index in [0.717, 1.165) is 22.7 Å². The van der Waals surface area contributed by atoms with Gasteiger partial charge >= 0.3 is 0 Å². The van der Waals surface area contributed by atoms with Crippen molar-refractivity contribution in [3.05, 3.63) is 194 Å². The highest BCUT2D eigenvalue weighted by Crippen LogP contribution is 2.41. The van der Waals surface area contributed by atoms with Crippen LogP contribution in [0.2, 0.25) is 0 Å². The molecule has 0 aliphatic rings. The van der Waals surface area contributed by atoms with Gasteiger partial charge in [-0.05, 0) is 110 Å². The van der Waals surface area contributed by atoms with Gasteiger partial charge in [0.1, 0.15) is 0 Å². The Kier molecular flexibility index (Phi) is 6.53. The van der Waals surface area contributed by atoms with Gasteiger partial charge in [0, 0.05) is 33.5 Å². The van der Waals surface area contributed by atoms with Gasteiger partial charge < -0.3 is 9.47 Å². The molecule has 0 bridgehead atoms. The summed E-state index contributed by atoms with van der Waals surface area (Å²) in [5.41, 5.74) is 9.34. The molecule has 1 aromatic heterocycles. The minimum absolute atomic E-state index is 1.12. The quantitative estimate of drug-likeness (QED) is 0.171. The molecule has 2 heteroatoms. The molecular weight excluding hydrogens is 605 g/mol. The molecule has 0 atom stereocenters. The third kappa shape index (κ3) is 4.57. The largest absolute Gasteiger partial charge is 0.310 e. The van der Waals surface area contributed by atoms with Crippen molar-refractivity contribution in [1.82, 2.24) is 4.57 Å². The van der Waals surface area contributed by atoms with Gasteiger partial charge in [0.25, 0.3) is 0 Å². The molecule has 0 aliphatic heterocycles. The third-order valence-corrected chi connectivity index (χ3v) is 10.1. The Morgan fingerprint density at radius 2 is 0.900 bits per heavy atom. The Bertz CT molecular complexity index is 2850. The Labute approximate surface area is 290 Å². The van der Waals surface area contributed by atoms with Gasteiger partial charge in [-0.2, -0.15) is 0 Å². The third-order valence-electron chi connectivity index (χ3n) is 10.1. The van der Waals surface area contributed by atoms with Gasteiger partial charge in [0.05, 0.1) is 11.0 Å². The SMILES string of the molecule is c1ccc(N(c2ccc(-c3ccc4c(ccc5ccc6ccccc6c54)c3)cc2)c2ccc3c(c2)c2ccccc2n3-c2ccccc2)cc1. The highest BCUT2D eigenvalue weighted by molar-refractivity contribution is 6.20. The summed E-state index contributed by atoms with van der Waals surface area (Å²) in [4.78, 5) is 2.36. The van der Waals surface area contributed by atoms with Crippen LogP contribution < -0.4 is 4.90 Å². The van der Waals surface area contributed by atoms with E-state index in [1.165, 1.54) is 65.3 Å². The summed E-state index contributed by atoms with van der Waals surface area (Å²) in [7, 11) is 0. The summed E-state index contributed by atoms with van der Waals surface area (Å²) in [6.07, 6.45) is 0. The summed E-state index contributed by atoms with van der Waals surface area (Å²) in [5, 5.41) is 10.2. The molecule has 0 aliphatic carbocycles. The van der Waals surface area contributed by atoms with Gasteiger partial charge in [-0.1, -0.05) is 127 Å². The summed E-state index contributed by atoms with van der Waals surface area (Å²) >= 11 is 0. The highest BCUT2D eigenvalue weighted by Gasteiger charge is 2.17. The average molecular weight is 637 g/mol. The van der Waals surface area contributed by atoms with Crippen LogP contribution in [0, 0.1) is 0 Å². The molecule has 0 radical (unpaired) electrons. The van der Waals surface area contributed by atoms with E-state index in [0.29, 0.717) is 0 Å². The topological polar surface area (TPSA) is 8.17 Å². The van der Waals surface area contributed by atoms with E-state index in [1.54, 1.807) is 0 Å². The van der Waals surface area contributed by atoms with Crippen LogP contribution in [0.3, 0.4) is 0 Å². The van der Waals surface area contributed by atoms with E-state index >= 15 is 0 Å². The smallest absolute Gasteiger partial charge is 0.0542 e. The second-order valence-electron chi connectivity index (χ2n) is 13.0. The standard InChI is InChI=1S/C48H32N2/c1-3-12-38(13-4-1)49(41-28-30-47-45(32-41)44-17-9-10-18-46(44)50(47)39-14-5-2-6-15-39)40-26-23-33(24-27-40)36-25-29-43-37(31-36)22-21-35-20-19-34-11-7-8-16-42(34)48(35)43/h1-32H. The lowest BCUT2D eigenvalue weighted by Gasteiger charge is -2.26. The first-order valence-corrected chi connectivity index (χ1v) is 17.2. The number of aromatic nitrogens is 1. The lowest BCUT2D eigenvalue weighted by Crippen LogP contribution is -2.09. The van der Waals surface area contributed by atoms with Gasteiger partial charge in [0.2, 0.25) is 0 Å². The minimum Gasteiger partial charge on any atom is -0.310 e. The fourth-order valence-corrected chi connectivity index (χ4v) is 7.80. The van der Waals surface area contributed by atoms with Crippen molar-refractivity contribution in [2.75, 3.05) is 4.90 Å². The van der Waals surface area contributed by atoms with Crippen molar-refractivity contribution in [3.8, 4) is 16.8 Å². The van der Waals surface area contributed by atoms with Crippen molar-refractivity contribution < 1.29 is 0 Å². The summed E-state index contributed by atoms with van der Waals surface area (Å²) in [6, 6.07) is 70.4. The molecule has 0 N–H and O–H groups in total. The van der Waals surface area contributed by atoms with E-state index in [1.807, 2.05) is 0 Å². The van der Waals surface area contributed by atoms with Gasteiger partial charge in [-0.3, -0.25) is 0 Å². The van der Waals surface area contributed by atoms with Crippen LogP contribution in [0.4, 0.5) is 17.1 Å². The van der Waals surface area contributed by atoms with Crippen molar-refractivity contribution in [1.29, 1.82) is 0 Å². The monoisotopic (exact) mass is 636 g/mol. The number of hydrogen-bond acceptors (Lipinski definition) is 1. The lowest BCUT2D eigenvalue weighted by atomic mass is 9.94. The van der Waals surface area contributed by atoms with Crippen molar-refractivity contribution in [3.63, 3.8) is 0 Å². The van der Waals surface area contributed by atoms with Crippen molar-refractivity contribution in [2.45, 2.75) is 0 Å². The fourth-order valence-electron chi connectivity index (χ4n) is 7.80. The molecule has 0 saturated heterocycles. The number of nitrogens with zero attached hydrogens (tertiary/aromatic N) is 2. The molecular formula is C48H32N2. The van der Waals surface area contributed by atoms with Crippen LogP contribution in [-0.2, 0) is 0 Å². The Morgan fingerprint density at radius 1 is 0.320 bits per heavy atom. The van der Waals surface area contributed by atoms with Crippen molar-refractivity contribution in [2.24, 2.45) is 0 Å². The first kappa shape index (κ1) is 28.4. The summed E-state index contributed by atoms with van der Waals surface area (Å²) in [5.74, 6) is 0. The summed E-state index contributed by atoms with van der Waals surface area (Å²) in [6.45, 7) is 0. The van der Waals surface area contributed by atoms with Gasteiger partial charge in [-0.15, -0.1) is 0 Å². The second kappa shape index (κ2) is 11.5. The predicted molar refractivity (Wildman–Crippen MR) is 213 cm³/mol. The van der Waals surface area contributed by atoms with Crippen LogP contribution >= 0.6 is 0 Å². The molecule has 2 nitrogen and oxygen atoms in total. The molecule has 50 heavy (non-hydrogen) atoms. The van der Waals surface area contributed by atoms with Crippen LogP contribution in [0.5, 0.6) is 0 Å². The van der Waals surface area contributed by atoms with Crippen LogP contribution in [0.25, 0.3) is 70.9 Å². The van der Waals surface area contributed by atoms with Gasteiger partial charge in [0.15, 0.2) is 0 Å². The molecule has 10 rings (SSSR count). The molecule has 234 valence electrons. The van der Waals surface area contributed by atoms with Crippen LogP contribution in [0.15, 0.2) is 194 Å². The van der Waals surface area contributed by atoms with E-state index in [4.69, 9.17) is 0 Å². The van der Waals surface area contributed by atoms with Crippen LogP contribution in [0.1, 0.15) is 0 Å². The number of rotatable bonds is 5. The van der Waals surface area contributed by atoms with E-state index < -0.39 is 0 Å². The molecule has 0 amide bonds. The molecule has 9 aromatic carbocycles. The maximum Gasteiger partial charge on any atom is 0.0542 e. The van der Waals surface area contributed by atoms with E-state index in [9.17, 15) is 0 Å². The number of para-hydroxylation sites is 3. The Hall–Kier alpha value is -6.64. The number of anilines is 3. The molecule has 0 fully saturated rings. The normalized spacial score (nSPS) is 11.6. The van der Waals surface area contributed by atoms with E-state index in [-0.39, 0.29) is 0 Å². The molecule has 10 aromatic rings. The zero-order valence-electron chi connectivity index (χ0n) is 27.4. The number of hydrogen-bond donors (Lipinski definition) is 0. The first-order chi connectivity index (χ1) is 24.8. The summed E-state index contributed by atoms with van der Waals surface area (Å²) < 4.78 is 2.37. The van der Waals surface area contributed by atoms with Crippen LogP contribution in [-0.4, -0.2) is 4.57 Å². The first-order valence-electron chi connectivity index (χ1n) is 17.2. The lowest BCUT2D eigenvalue weighted by molar-refractivity contribution is 1.18. The average Bonchev–Trinajstić information content (AvgIpc) is 3.52. The van der Waals surface area contributed by atoms with Gasteiger partial charge in [-0.25, -0.2) is 0 Å². The zero-order valence-corrected chi connectivity index (χ0v) is 27.4. The maximum atomic E-state index is 2.37. The molecule has 0 saturated carbocycles. The highest BCUT2D eigenvalue weighted by atomic mass is 15.1. The fraction of sp³-hybridized carbons (Fsp3) is 0. The maximum absolute atomic E-state index is 2.37. The Morgan fingerprint density at radius 3 is 1.72 bits per heavy atom. The minimum atomic E-state index is 1.12. The molecule has 0 unspecified atom stereocenters. The Balaban J connectivity index is 1.08. The molecule has 0 spiro atoms. The second-order valence-corrected chi connectivity index (χ2v) is 13.0. The zero-order chi connectivity index (χ0) is 33.0.